The summed E-state index contributed by atoms with van der Waals surface area (Å²) in [4.78, 5) is 11.1. The maximum Gasteiger partial charge on any atom is 0.326 e. The zero-order valence-corrected chi connectivity index (χ0v) is 9.82. The SMILES string of the molecule is COC(=O)C(N)COc1cccc(C)c1C. The van der Waals surface area contributed by atoms with Gasteiger partial charge in [0.05, 0.1) is 7.11 Å². The molecule has 0 aliphatic heterocycles. The Labute approximate surface area is 95.3 Å². The van der Waals surface area contributed by atoms with Crippen LogP contribution in [0.25, 0.3) is 0 Å². The Morgan fingerprint density at radius 3 is 2.75 bits per heavy atom. The molecule has 0 radical (unpaired) electrons. The van der Waals surface area contributed by atoms with Crippen LogP contribution in [0, 0.1) is 13.8 Å². The minimum Gasteiger partial charge on any atom is -0.491 e. The third-order valence-electron chi connectivity index (χ3n) is 2.48. The lowest BCUT2D eigenvalue weighted by Crippen LogP contribution is -2.37. The summed E-state index contributed by atoms with van der Waals surface area (Å²) in [7, 11) is 1.31. The molecule has 1 unspecified atom stereocenters. The van der Waals surface area contributed by atoms with E-state index >= 15 is 0 Å². The molecule has 0 spiro atoms. The molecule has 4 heteroatoms. The first kappa shape index (κ1) is 12.5. The van der Waals surface area contributed by atoms with Gasteiger partial charge in [0.15, 0.2) is 0 Å². The predicted molar refractivity (Wildman–Crippen MR) is 61.4 cm³/mol. The molecule has 0 amide bonds. The lowest BCUT2D eigenvalue weighted by atomic mass is 10.1. The molecule has 0 fully saturated rings. The van der Waals surface area contributed by atoms with Crippen molar-refractivity contribution in [3.63, 3.8) is 0 Å². The Bertz CT molecular complexity index is 377. The van der Waals surface area contributed by atoms with Crippen molar-refractivity contribution in [2.75, 3.05) is 13.7 Å². The second-order valence-electron chi connectivity index (χ2n) is 3.64. The summed E-state index contributed by atoms with van der Waals surface area (Å²) in [5.41, 5.74) is 7.76. The van der Waals surface area contributed by atoms with Gasteiger partial charge >= 0.3 is 5.97 Å². The lowest BCUT2D eigenvalue weighted by Gasteiger charge is -2.13. The quantitative estimate of drug-likeness (QED) is 0.779. The molecule has 1 rings (SSSR count). The van der Waals surface area contributed by atoms with E-state index in [1.807, 2.05) is 32.0 Å². The van der Waals surface area contributed by atoms with E-state index in [1.54, 1.807) is 0 Å². The van der Waals surface area contributed by atoms with Gasteiger partial charge < -0.3 is 15.2 Å². The number of carbonyl (C=O) groups is 1. The average molecular weight is 223 g/mol. The molecule has 0 aliphatic rings. The van der Waals surface area contributed by atoms with Crippen LogP contribution >= 0.6 is 0 Å². The van der Waals surface area contributed by atoms with Crippen molar-refractivity contribution in [2.45, 2.75) is 19.9 Å². The van der Waals surface area contributed by atoms with E-state index in [4.69, 9.17) is 10.5 Å². The van der Waals surface area contributed by atoms with E-state index in [0.717, 1.165) is 16.9 Å². The minimum absolute atomic E-state index is 0.122. The number of nitrogens with two attached hydrogens (primary N) is 1. The maximum absolute atomic E-state index is 11.1. The van der Waals surface area contributed by atoms with Crippen LogP contribution in [0.1, 0.15) is 11.1 Å². The maximum atomic E-state index is 11.1. The third kappa shape index (κ3) is 2.97. The summed E-state index contributed by atoms with van der Waals surface area (Å²) in [6, 6.07) is 5.01. The minimum atomic E-state index is -0.745. The fraction of sp³-hybridized carbons (Fsp3) is 0.417. The van der Waals surface area contributed by atoms with Gasteiger partial charge in [-0.25, -0.2) is 0 Å². The van der Waals surface area contributed by atoms with Crippen molar-refractivity contribution in [1.82, 2.24) is 0 Å². The van der Waals surface area contributed by atoms with Crippen molar-refractivity contribution in [2.24, 2.45) is 5.73 Å². The number of esters is 1. The zero-order chi connectivity index (χ0) is 12.1. The van der Waals surface area contributed by atoms with E-state index in [-0.39, 0.29) is 6.61 Å². The second-order valence-corrected chi connectivity index (χ2v) is 3.64. The fourth-order valence-corrected chi connectivity index (χ4v) is 1.28. The van der Waals surface area contributed by atoms with E-state index in [2.05, 4.69) is 4.74 Å². The zero-order valence-electron chi connectivity index (χ0n) is 9.82. The first-order valence-electron chi connectivity index (χ1n) is 5.08. The number of hydrogen-bond acceptors (Lipinski definition) is 4. The van der Waals surface area contributed by atoms with Crippen LogP contribution in [-0.4, -0.2) is 25.7 Å². The van der Waals surface area contributed by atoms with E-state index in [1.165, 1.54) is 7.11 Å². The molecular weight excluding hydrogens is 206 g/mol. The number of carbonyl (C=O) groups excluding carboxylic acids is 1. The van der Waals surface area contributed by atoms with E-state index in [9.17, 15) is 4.79 Å². The first-order valence-corrected chi connectivity index (χ1v) is 5.08. The third-order valence-corrected chi connectivity index (χ3v) is 2.48. The van der Waals surface area contributed by atoms with Crippen LogP contribution < -0.4 is 10.5 Å². The van der Waals surface area contributed by atoms with Crippen molar-refractivity contribution < 1.29 is 14.3 Å². The summed E-state index contributed by atoms with van der Waals surface area (Å²) in [5, 5.41) is 0. The molecule has 0 aromatic heterocycles. The Morgan fingerprint density at radius 2 is 2.12 bits per heavy atom. The first-order chi connectivity index (χ1) is 7.56. The lowest BCUT2D eigenvalue weighted by molar-refractivity contribution is -0.142. The Kier molecular flexibility index (Phi) is 4.31. The molecular formula is C12H17NO3. The standard InChI is InChI=1S/C12H17NO3/c1-8-5-4-6-11(9(8)2)16-7-10(13)12(14)15-3/h4-6,10H,7,13H2,1-3H3. The molecule has 1 aromatic carbocycles. The number of benzene rings is 1. The van der Waals surface area contributed by atoms with E-state index in [0.29, 0.717) is 0 Å². The molecule has 0 saturated carbocycles. The van der Waals surface area contributed by atoms with Crippen LogP contribution in [0.2, 0.25) is 0 Å². The number of hydrogen-bond donors (Lipinski definition) is 1. The number of ether oxygens (including phenoxy) is 2. The molecule has 16 heavy (non-hydrogen) atoms. The molecule has 0 aliphatic carbocycles. The normalized spacial score (nSPS) is 12.0. The van der Waals surface area contributed by atoms with Crippen LogP contribution in [0.15, 0.2) is 18.2 Å². The Balaban J connectivity index is 2.61. The smallest absolute Gasteiger partial charge is 0.326 e. The van der Waals surface area contributed by atoms with Crippen LogP contribution in [-0.2, 0) is 9.53 Å². The second kappa shape index (κ2) is 5.51. The number of aryl methyl sites for hydroxylation is 1. The molecule has 1 aromatic rings. The van der Waals surface area contributed by atoms with Crippen LogP contribution in [0.5, 0.6) is 5.75 Å². The molecule has 88 valence electrons. The van der Waals surface area contributed by atoms with Gasteiger partial charge in [-0.05, 0) is 31.0 Å². The van der Waals surface area contributed by atoms with Crippen molar-refractivity contribution in [1.29, 1.82) is 0 Å². The Morgan fingerprint density at radius 1 is 1.44 bits per heavy atom. The monoisotopic (exact) mass is 223 g/mol. The van der Waals surface area contributed by atoms with Gasteiger partial charge in [0.1, 0.15) is 18.4 Å². The summed E-state index contributed by atoms with van der Waals surface area (Å²) in [6.45, 7) is 4.09. The van der Waals surface area contributed by atoms with Gasteiger partial charge in [-0.2, -0.15) is 0 Å². The predicted octanol–water partition coefficient (Wildman–Crippen LogP) is 1.18. The Hall–Kier alpha value is -1.55. The van der Waals surface area contributed by atoms with Gasteiger partial charge in [0, 0.05) is 0 Å². The summed E-state index contributed by atoms with van der Waals surface area (Å²) in [5.74, 6) is 0.282. The van der Waals surface area contributed by atoms with Gasteiger partial charge in [-0.1, -0.05) is 12.1 Å². The molecule has 0 bridgehead atoms. The largest absolute Gasteiger partial charge is 0.491 e. The average Bonchev–Trinajstić information content (AvgIpc) is 2.29. The van der Waals surface area contributed by atoms with Gasteiger partial charge in [0.25, 0.3) is 0 Å². The molecule has 1 atom stereocenters. The summed E-state index contributed by atoms with van der Waals surface area (Å²) >= 11 is 0. The van der Waals surface area contributed by atoms with Crippen molar-refractivity contribution in [3.8, 4) is 5.75 Å². The van der Waals surface area contributed by atoms with Crippen LogP contribution in [0.4, 0.5) is 0 Å². The van der Waals surface area contributed by atoms with Crippen molar-refractivity contribution in [3.05, 3.63) is 29.3 Å². The molecule has 2 N–H and O–H groups in total. The molecule has 0 saturated heterocycles. The highest BCUT2D eigenvalue weighted by molar-refractivity contribution is 5.75. The molecule has 0 heterocycles. The van der Waals surface area contributed by atoms with Gasteiger partial charge in [-0.3, -0.25) is 4.79 Å². The van der Waals surface area contributed by atoms with E-state index < -0.39 is 12.0 Å². The topological polar surface area (TPSA) is 61.5 Å². The fourth-order valence-electron chi connectivity index (χ4n) is 1.28. The highest BCUT2D eigenvalue weighted by Gasteiger charge is 2.14. The van der Waals surface area contributed by atoms with Crippen molar-refractivity contribution >= 4 is 5.97 Å². The van der Waals surface area contributed by atoms with Crippen LogP contribution in [0.3, 0.4) is 0 Å². The highest BCUT2D eigenvalue weighted by atomic mass is 16.5. The highest BCUT2D eigenvalue weighted by Crippen LogP contribution is 2.20. The number of methoxy groups -OCH3 is 1. The number of rotatable bonds is 4. The summed E-state index contributed by atoms with van der Waals surface area (Å²) in [6.07, 6.45) is 0. The van der Waals surface area contributed by atoms with Gasteiger partial charge in [0.2, 0.25) is 0 Å². The summed E-state index contributed by atoms with van der Waals surface area (Å²) < 4.78 is 9.99. The molecule has 4 nitrogen and oxygen atoms in total. The van der Waals surface area contributed by atoms with Gasteiger partial charge in [-0.15, -0.1) is 0 Å².